The van der Waals surface area contributed by atoms with Gasteiger partial charge >= 0.3 is 11.9 Å². The first kappa shape index (κ1) is 15.0. The molecule has 18 heavy (non-hydrogen) atoms. The lowest BCUT2D eigenvalue weighted by Crippen LogP contribution is -2.62. The van der Waals surface area contributed by atoms with E-state index in [1.807, 2.05) is 41.5 Å². The van der Waals surface area contributed by atoms with Crippen molar-refractivity contribution in [2.75, 3.05) is 0 Å². The Kier molecular flexibility index (Phi) is 3.80. The third kappa shape index (κ3) is 2.13. The molecule has 0 amide bonds. The first-order valence-electron chi connectivity index (χ1n) is 6.55. The molecule has 0 N–H and O–H groups in total. The topological polar surface area (TPSA) is 52.6 Å². The van der Waals surface area contributed by atoms with Crippen molar-refractivity contribution < 1.29 is 19.1 Å². The van der Waals surface area contributed by atoms with Crippen LogP contribution >= 0.6 is 0 Å². The summed E-state index contributed by atoms with van der Waals surface area (Å²) in [4.78, 5) is 23.4. The molecule has 4 nitrogen and oxygen atoms in total. The lowest BCUT2D eigenvalue weighted by Gasteiger charge is -2.54. The summed E-state index contributed by atoms with van der Waals surface area (Å²) in [5, 5.41) is 0. The third-order valence-corrected chi connectivity index (χ3v) is 4.35. The molecular formula is C14H24O4. The van der Waals surface area contributed by atoms with Crippen LogP contribution in [0.4, 0.5) is 0 Å². The van der Waals surface area contributed by atoms with Crippen LogP contribution in [0.5, 0.6) is 0 Å². The average Bonchev–Trinajstić information content (AvgIpc) is 2.27. The third-order valence-electron chi connectivity index (χ3n) is 4.35. The molecule has 0 aromatic rings. The van der Waals surface area contributed by atoms with Crippen molar-refractivity contribution in [3.8, 4) is 0 Å². The first-order chi connectivity index (χ1) is 8.12. The molecule has 0 aromatic heterocycles. The Morgan fingerprint density at radius 3 is 1.56 bits per heavy atom. The molecule has 0 aromatic carbocycles. The molecule has 0 aliphatic carbocycles. The van der Waals surface area contributed by atoms with Crippen molar-refractivity contribution in [2.45, 2.75) is 66.6 Å². The van der Waals surface area contributed by atoms with Crippen molar-refractivity contribution in [1.29, 1.82) is 0 Å². The SMILES string of the molecule is CCC(C)(C)C1(C(C)(C)CC)OC(=O)CC(=O)O1. The van der Waals surface area contributed by atoms with Gasteiger partial charge in [-0.05, 0) is 12.8 Å². The first-order valence-corrected chi connectivity index (χ1v) is 6.55. The predicted octanol–water partition coefficient (Wildman–Crippen LogP) is 3.05. The number of esters is 2. The van der Waals surface area contributed by atoms with Crippen LogP contribution in [0.2, 0.25) is 0 Å². The highest BCUT2D eigenvalue weighted by atomic mass is 16.7. The smallest absolute Gasteiger partial charge is 0.320 e. The number of hydrogen-bond acceptors (Lipinski definition) is 4. The number of carbonyl (C=O) groups is 2. The Labute approximate surface area is 109 Å². The van der Waals surface area contributed by atoms with Gasteiger partial charge in [-0.15, -0.1) is 0 Å². The second-order valence-electron chi connectivity index (χ2n) is 6.22. The normalized spacial score (nSPS) is 20.3. The number of carbonyl (C=O) groups excluding carboxylic acids is 2. The van der Waals surface area contributed by atoms with Gasteiger partial charge in [0.05, 0.1) is 0 Å². The van der Waals surface area contributed by atoms with Crippen LogP contribution in [0.3, 0.4) is 0 Å². The molecule has 1 heterocycles. The molecule has 0 radical (unpaired) electrons. The second kappa shape index (κ2) is 4.56. The van der Waals surface area contributed by atoms with E-state index < -0.39 is 28.6 Å². The van der Waals surface area contributed by atoms with Crippen molar-refractivity contribution in [3.63, 3.8) is 0 Å². The van der Waals surface area contributed by atoms with E-state index in [2.05, 4.69) is 0 Å². The molecule has 1 fully saturated rings. The zero-order chi connectivity index (χ0) is 14.2. The summed E-state index contributed by atoms with van der Waals surface area (Å²) in [6, 6.07) is 0. The largest absolute Gasteiger partial charge is 0.421 e. The molecule has 0 spiro atoms. The minimum Gasteiger partial charge on any atom is -0.421 e. The molecular weight excluding hydrogens is 232 g/mol. The van der Waals surface area contributed by atoms with E-state index in [0.717, 1.165) is 12.8 Å². The van der Waals surface area contributed by atoms with Gasteiger partial charge in [-0.2, -0.15) is 0 Å². The summed E-state index contributed by atoms with van der Waals surface area (Å²) in [6.45, 7) is 11.9. The van der Waals surface area contributed by atoms with Crippen LogP contribution in [0.1, 0.15) is 60.8 Å². The van der Waals surface area contributed by atoms with Gasteiger partial charge in [0.25, 0.3) is 5.79 Å². The zero-order valence-electron chi connectivity index (χ0n) is 12.3. The molecule has 1 saturated heterocycles. The fourth-order valence-corrected chi connectivity index (χ4v) is 2.47. The molecule has 1 aliphatic heterocycles. The predicted molar refractivity (Wildman–Crippen MR) is 67.7 cm³/mol. The van der Waals surface area contributed by atoms with Crippen LogP contribution in [-0.2, 0) is 19.1 Å². The van der Waals surface area contributed by atoms with Gasteiger partial charge in [-0.25, -0.2) is 0 Å². The van der Waals surface area contributed by atoms with Gasteiger partial charge in [-0.3, -0.25) is 9.59 Å². The number of rotatable bonds is 4. The maximum absolute atomic E-state index is 11.7. The summed E-state index contributed by atoms with van der Waals surface area (Å²) in [7, 11) is 0. The lowest BCUT2D eigenvalue weighted by molar-refractivity contribution is -0.323. The van der Waals surface area contributed by atoms with Gasteiger partial charge in [0.1, 0.15) is 6.42 Å². The minimum atomic E-state index is -1.18. The summed E-state index contributed by atoms with van der Waals surface area (Å²) >= 11 is 0. The fourth-order valence-electron chi connectivity index (χ4n) is 2.47. The number of hydrogen-bond donors (Lipinski definition) is 0. The van der Waals surface area contributed by atoms with E-state index >= 15 is 0 Å². The van der Waals surface area contributed by atoms with Crippen LogP contribution in [0, 0.1) is 10.8 Å². The summed E-state index contributed by atoms with van der Waals surface area (Å²) in [5.41, 5.74) is -0.865. The van der Waals surface area contributed by atoms with Crippen molar-refractivity contribution in [2.24, 2.45) is 10.8 Å². The van der Waals surface area contributed by atoms with Crippen LogP contribution in [0.15, 0.2) is 0 Å². The van der Waals surface area contributed by atoms with Crippen molar-refractivity contribution >= 4 is 11.9 Å². The summed E-state index contributed by atoms with van der Waals surface area (Å²) in [5.74, 6) is -2.17. The monoisotopic (exact) mass is 256 g/mol. The molecule has 1 rings (SSSR count). The lowest BCUT2D eigenvalue weighted by atomic mass is 9.65. The Bertz CT molecular complexity index is 321. The van der Waals surface area contributed by atoms with E-state index in [1.165, 1.54) is 0 Å². The summed E-state index contributed by atoms with van der Waals surface area (Å²) < 4.78 is 11.1. The maximum Gasteiger partial charge on any atom is 0.320 e. The van der Waals surface area contributed by atoms with Gasteiger partial charge in [-0.1, -0.05) is 41.5 Å². The van der Waals surface area contributed by atoms with E-state index in [-0.39, 0.29) is 6.42 Å². The highest BCUT2D eigenvalue weighted by Crippen LogP contribution is 2.52. The molecule has 1 aliphatic rings. The van der Waals surface area contributed by atoms with Crippen molar-refractivity contribution in [3.05, 3.63) is 0 Å². The van der Waals surface area contributed by atoms with Crippen LogP contribution < -0.4 is 0 Å². The Morgan fingerprint density at radius 1 is 0.944 bits per heavy atom. The fraction of sp³-hybridized carbons (Fsp3) is 0.857. The molecule has 0 bridgehead atoms. The Morgan fingerprint density at radius 2 is 1.28 bits per heavy atom. The molecule has 0 saturated carbocycles. The maximum atomic E-state index is 11.7. The van der Waals surface area contributed by atoms with Crippen molar-refractivity contribution in [1.82, 2.24) is 0 Å². The van der Waals surface area contributed by atoms with Crippen LogP contribution in [0.25, 0.3) is 0 Å². The second-order valence-corrected chi connectivity index (χ2v) is 6.22. The van der Waals surface area contributed by atoms with Gasteiger partial charge in [0.15, 0.2) is 0 Å². The zero-order valence-corrected chi connectivity index (χ0v) is 12.3. The molecule has 0 unspecified atom stereocenters. The quantitative estimate of drug-likeness (QED) is 0.573. The number of ether oxygens (including phenoxy) is 2. The molecule has 104 valence electrons. The Balaban J connectivity index is 3.34. The van der Waals surface area contributed by atoms with Gasteiger partial charge < -0.3 is 9.47 Å². The van der Waals surface area contributed by atoms with Crippen LogP contribution in [-0.4, -0.2) is 17.7 Å². The van der Waals surface area contributed by atoms with E-state index in [9.17, 15) is 9.59 Å². The standard InChI is InChI=1S/C14H24O4/c1-7-12(3,4)14(13(5,6)8-2)17-10(15)9-11(16)18-14/h7-9H2,1-6H3. The summed E-state index contributed by atoms with van der Waals surface area (Å²) in [6.07, 6.45) is 1.20. The highest BCUT2D eigenvalue weighted by Gasteiger charge is 2.62. The van der Waals surface area contributed by atoms with Gasteiger partial charge in [0.2, 0.25) is 0 Å². The molecule has 0 atom stereocenters. The van der Waals surface area contributed by atoms with E-state index in [0.29, 0.717) is 0 Å². The number of cyclic esters (lactones) is 2. The van der Waals surface area contributed by atoms with E-state index in [1.54, 1.807) is 0 Å². The minimum absolute atomic E-state index is 0.290. The van der Waals surface area contributed by atoms with E-state index in [4.69, 9.17) is 9.47 Å². The Hall–Kier alpha value is -1.06. The van der Waals surface area contributed by atoms with Gasteiger partial charge in [0, 0.05) is 10.8 Å². The average molecular weight is 256 g/mol. The highest BCUT2D eigenvalue weighted by molar-refractivity contribution is 5.93. The molecule has 4 heteroatoms.